The van der Waals surface area contributed by atoms with Crippen molar-refractivity contribution in [3.05, 3.63) is 0 Å². The minimum Gasteiger partial charge on any atom is -0.478 e. The molecule has 0 aromatic heterocycles. The van der Waals surface area contributed by atoms with E-state index in [2.05, 4.69) is 0 Å². The number of esters is 1. The highest BCUT2D eigenvalue weighted by atomic mass is 16.6. The number of rotatable bonds is 5. The molecule has 0 aliphatic heterocycles. The Hall–Kier alpha value is -1.10. The van der Waals surface area contributed by atoms with Gasteiger partial charge in [0.2, 0.25) is 5.60 Å². The smallest absolute Gasteiger partial charge is 0.348 e. The quantitative estimate of drug-likeness (QED) is 0.617. The maximum atomic E-state index is 10.9. The Labute approximate surface area is 82.2 Å². The van der Waals surface area contributed by atoms with E-state index in [4.69, 9.17) is 15.6 Å². The summed E-state index contributed by atoms with van der Waals surface area (Å²) in [5.74, 6) is -1.75. The van der Waals surface area contributed by atoms with E-state index in [9.17, 15) is 9.59 Å². The van der Waals surface area contributed by atoms with Crippen LogP contribution in [0.25, 0.3) is 0 Å². The van der Waals surface area contributed by atoms with Crippen molar-refractivity contribution < 1.29 is 19.4 Å². The minimum absolute atomic E-state index is 0.0412. The summed E-state index contributed by atoms with van der Waals surface area (Å²) in [6.07, 6.45) is 2.08. The number of nitrogens with two attached hydrogens (primary N) is 1. The fraction of sp³-hybridized carbons (Fsp3) is 0.778. The second-order valence-corrected chi connectivity index (χ2v) is 3.56. The molecule has 0 amide bonds. The maximum Gasteiger partial charge on any atom is 0.348 e. The summed E-state index contributed by atoms with van der Waals surface area (Å²) in [6, 6.07) is 0. The zero-order valence-corrected chi connectivity index (χ0v) is 8.16. The van der Waals surface area contributed by atoms with Gasteiger partial charge < -0.3 is 15.6 Å². The monoisotopic (exact) mass is 201 g/mol. The second-order valence-electron chi connectivity index (χ2n) is 3.56. The summed E-state index contributed by atoms with van der Waals surface area (Å²) < 4.78 is 4.86. The third-order valence-electron chi connectivity index (χ3n) is 2.51. The predicted octanol–water partition coefficient (Wildman–Crippen LogP) is 0.132. The normalized spacial score (nSPS) is 29.7. The van der Waals surface area contributed by atoms with Gasteiger partial charge in [-0.1, -0.05) is 13.3 Å². The lowest BCUT2D eigenvalue weighted by Crippen LogP contribution is -2.34. The SMILES string of the molecule is CCC[C@H]1C[C@@]1(OC(=O)CN)C(=O)O. The van der Waals surface area contributed by atoms with E-state index in [-0.39, 0.29) is 12.5 Å². The molecule has 0 radical (unpaired) electrons. The number of carboxylic acids is 1. The molecule has 0 aromatic rings. The van der Waals surface area contributed by atoms with Crippen LogP contribution in [0.15, 0.2) is 0 Å². The summed E-state index contributed by atoms with van der Waals surface area (Å²) in [5.41, 5.74) is 3.79. The average Bonchev–Trinajstić information content (AvgIpc) is 2.81. The highest BCUT2D eigenvalue weighted by molar-refractivity contribution is 5.86. The van der Waals surface area contributed by atoms with Gasteiger partial charge in [-0.3, -0.25) is 4.79 Å². The molecule has 1 aliphatic carbocycles. The molecule has 5 heteroatoms. The summed E-state index contributed by atoms with van der Waals surface area (Å²) in [4.78, 5) is 21.8. The first-order chi connectivity index (χ1) is 6.56. The van der Waals surface area contributed by atoms with Gasteiger partial charge in [-0.2, -0.15) is 0 Å². The number of hydrogen-bond acceptors (Lipinski definition) is 4. The fourth-order valence-electron chi connectivity index (χ4n) is 1.67. The van der Waals surface area contributed by atoms with Crippen molar-refractivity contribution in [2.45, 2.75) is 31.8 Å². The fourth-order valence-corrected chi connectivity index (χ4v) is 1.67. The van der Waals surface area contributed by atoms with Crippen molar-refractivity contribution in [1.82, 2.24) is 0 Å². The van der Waals surface area contributed by atoms with Crippen LogP contribution in [0.1, 0.15) is 26.2 Å². The number of ether oxygens (including phenoxy) is 1. The number of carboxylic acid groups (broad SMARTS) is 1. The molecule has 1 saturated carbocycles. The first kappa shape index (κ1) is 11.0. The van der Waals surface area contributed by atoms with Crippen LogP contribution in [0.5, 0.6) is 0 Å². The minimum atomic E-state index is -1.27. The number of carbonyl (C=O) groups excluding carboxylic acids is 1. The van der Waals surface area contributed by atoms with E-state index in [1.807, 2.05) is 6.92 Å². The van der Waals surface area contributed by atoms with E-state index in [1.54, 1.807) is 0 Å². The van der Waals surface area contributed by atoms with Gasteiger partial charge in [-0.05, 0) is 6.42 Å². The second kappa shape index (κ2) is 3.96. The summed E-state index contributed by atoms with van der Waals surface area (Å²) in [7, 11) is 0. The first-order valence-corrected chi connectivity index (χ1v) is 4.72. The lowest BCUT2D eigenvalue weighted by Gasteiger charge is -2.12. The van der Waals surface area contributed by atoms with Crippen LogP contribution in [0.4, 0.5) is 0 Å². The zero-order chi connectivity index (χ0) is 10.8. The third kappa shape index (κ3) is 1.87. The van der Waals surface area contributed by atoms with Gasteiger partial charge in [-0.25, -0.2) is 4.79 Å². The first-order valence-electron chi connectivity index (χ1n) is 4.72. The molecule has 0 spiro atoms. The van der Waals surface area contributed by atoms with Gasteiger partial charge in [0.05, 0.1) is 6.54 Å². The lowest BCUT2D eigenvalue weighted by molar-refractivity contribution is -0.167. The molecule has 3 N–H and O–H groups in total. The van der Waals surface area contributed by atoms with Crippen LogP contribution in [-0.2, 0) is 14.3 Å². The molecule has 0 heterocycles. The number of hydrogen-bond donors (Lipinski definition) is 2. The van der Waals surface area contributed by atoms with Crippen molar-refractivity contribution in [2.75, 3.05) is 6.54 Å². The molecule has 1 fully saturated rings. The summed E-state index contributed by atoms with van der Waals surface area (Å²) >= 11 is 0. The Bertz CT molecular complexity index is 253. The molecule has 1 rings (SSSR count). The topological polar surface area (TPSA) is 89.6 Å². The summed E-state index contributed by atoms with van der Waals surface area (Å²) in [5, 5.41) is 8.93. The molecule has 0 saturated heterocycles. The van der Waals surface area contributed by atoms with Crippen LogP contribution in [0.3, 0.4) is 0 Å². The van der Waals surface area contributed by atoms with Crippen molar-refractivity contribution in [1.29, 1.82) is 0 Å². The van der Waals surface area contributed by atoms with Crippen LogP contribution in [0, 0.1) is 5.92 Å². The van der Waals surface area contributed by atoms with Crippen molar-refractivity contribution in [2.24, 2.45) is 11.7 Å². The highest BCUT2D eigenvalue weighted by Crippen LogP contribution is 2.49. The zero-order valence-electron chi connectivity index (χ0n) is 8.16. The Kier molecular flexibility index (Phi) is 3.10. The van der Waals surface area contributed by atoms with Crippen LogP contribution in [0.2, 0.25) is 0 Å². The molecule has 0 unspecified atom stereocenters. The Morgan fingerprint density at radius 2 is 2.29 bits per heavy atom. The lowest BCUT2D eigenvalue weighted by atomic mass is 10.1. The Morgan fingerprint density at radius 3 is 2.71 bits per heavy atom. The number of carbonyl (C=O) groups is 2. The molecule has 0 bridgehead atoms. The van der Waals surface area contributed by atoms with Crippen LogP contribution >= 0.6 is 0 Å². The van der Waals surface area contributed by atoms with Crippen molar-refractivity contribution in [3.8, 4) is 0 Å². The van der Waals surface area contributed by atoms with E-state index in [1.165, 1.54) is 0 Å². The largest absolute Gasteiger partial charge is 0.478 e. The van der Waals surface area contributed by atoms with Gasteiger partial charge in [0.15, 0.2) is 0 Å². The molecule has 80 valence electrons. The van der Waals surface area contributed by atoms with Gasteiger partial charge in [0, 0.05) is 12.3 Å². The predicted molar refractivity (Wildman–Crippen MR) is 48.5 cm³/mol. The van der Waals surface area contributed by atoms with Crippen LogP contribution in [-0.4, -0.2) is 29.2 Å². The third-order valence-corrected chi connectivity index (χ3v) is 2.51. The van der Waals surface area contributed by atoms with E-state index in [0.29, 0.717) is 6.42 Å². The van der Waals surface area contributed by atoms with Crippen molar-refractivity contribution >= 4 is 11.9 Å². The molecular formula is C9H15NO4. The molecule has 1 aliphatic rings. The van der Waals surface area contributed by atoms with E-state index < -0.39 is 17.5 Å². The molecule has 0 aromatic carbocycles. The molecule has 5 nitrogen and oxygen atoms in total. The average molecular weight is 201 g/mol. The van der Waals surface area contributed by atoms with Crippen molar-refractivity contribution in [3.63, 3.8) is 0 Å². The maximum absolute atomic E-state index is 10.9. The highest BCUT2D eigenvalue weighted by Gasteiger charge is 2.63. The van der Waals surface area contributed by atoms with Gasteiger partial charge in [0.1, 0.15) is 0 Å². The summed E-state index contributed by atoms with van der Waals surface area (Å²) in [6.45, 7) is 1.70. The molecule has 14 heavy (non-hydrogen) atoms. The van der Waals surface area contributed by atoms with Gasteiger partial charge in [-0.15, -0.1) is 0 Å². The number of aliphatic carboxylic acids is 1. The Balaban J connectivity index is 2.59. The van der Waals surface area contributed by atoms with E-state index >= 15 is 0 Å². The van der Waals surface area contributed by atoms with Gasteiger partial charge in [0.25, 0.3) is 0 Å². The van der Waals surface area contributed by atoms with E-state index in [0.717, 1.165) is 12.8 Å². The van der Waals surface area contributed by atoms with Gasteiger partial charge >= 0.3 is 11.9 Å². The molecule has 2 atom stereocenters. The Morgan fingerprint density at radius 1 is 1.64 bits per heavy atom. The standard InChI is InChI=1S/C9H15NO4/c1-2-3-6-4-9(6,8(12)13)14-7(11)5-10/h6H,2-5,10H2,1H3,(H,12,13)/t6-,9-/m0/s1. The molecular weight excluding hydrogens is 186 g/mol. The van der Waals surface area contributed by atoms with Crippen LogP contribution < -0.4 is 5.73 Å².